The number of hydrogen-bond acceptors (Lipinski definition) is 4. The van der Waals surface area contributed by atoms with Gasteiger partial charge in [0.2, 0.25) is 5.91 Å². The molecule has 0 aliphatic carbocycles. The summed E-state index contributed by atoms with van der Waals surface area (Å²) in [7, 11) is 0. The lowest BCUT2D eigenvalue weighted by Gasteiger charge is -2.16. The summed E-state index contributed by atoms with van der Waals surface area (Å²) in [4.78, 5) is 16.9. The molecule has 6 nitrogen and oxygen atoms in total. The highest BCUT2D eigenvalue weighted by Gasteiger charge is 2.16. The second kappa shape index (κ2) is 8.41. The molecular weight excluding hydrogens is 374 g/mol. The quantitative estimate of drug-likeness (QED) is 0.691. The van der Waals surface area contributed by atoms with Gasteiger partial charge in [-0.05, 0) is 50.8 Å². The van der Waals surface area contributed by atoms with E-state index < -0.39 is 0 Å². The monoisotopic (exact) mass is 395 g/mol. The Morgan fingerprint density at radius 2 is 2.11 bits per heavy atom. The van der Waals surface area contributed by atoms with Gasteiger partial charge < -0.3 is 5.32 Å². The number of nitriles is 1. The number of hydrogen-bond donors (Lipinski definition) is 1. The van der Waals surface area contributed by atoms with Crippen LogP contribution in [0.15, 0.2) is 30.5 Å². The highest BCUT2D eigenvalue weighted by molar-refractivity contribution is 6.31. The minimum atomic E-state index is -0.0170. The van der Waals surface area contributed by atoms with Gasteiger partial charge in [-0.15, -0.1) is 0 Å². The van der Waals surface area contributed by atoms with E-state index in [1.807, 2.05) is 45.0 Å². The molecule has 1 N–H and O–H groups in total. The van der Waals surface area contributed by atoms with E-state index in [2.05, 4.69) is 21.5 Å². The molecule has 0 saturated carbocycles. The van der Waals surface area contributed by atoms with E-state index in [9.17, 15) is 4.79 Å². The first kappa shape index (κ1) is 19.8. The zero-order chi connectivity index (χ0) is 20.3. The SMILES string of the molecule is Cc1nc2c(C#N)cnn2c(C)c1CCC(=O)N[C@@H](C)Cc1ccccc1Cl. The Kier molecular flexibility index (Phi) is 5.96. The Balaban J connectivity index is 1.64. The van der Waals surface area contributed by atoms with Crippen molar-refractivity contribution in [2.75, 3.05) is 0 Å². The Hall–Kier alpha value is -2.91. The van der Waals surface area contributed by atoms with Crippen molar-refractivity contribution in [2.24, 2.45) is 0 Å². The molecule has 2 aromatic heterocycles. The van der Waals surface area contributed by atoms with E-state index in [0.29, 0.717) is 35.5 Å². The van der Waals surface area contributed by atoms with Gasteiger partial charge in [0.1, 0.15) is 11.6 Å². The molecule has 7 heteroatoms. The van der Waals surface area contributed by atoms with Crippen LogP contribution in [0.3, 0.4) is 0 Å². The maximum absolute atomic E-state index is 12.4. The van der Waals surface area contributed by atoms with Crippen LogP contribution in [0.5, 0.6) is 0 Å². The molecule has 1 amide bonds. The summed E-state index contributed by atoms with van der Waals surface area (Å²) in [6.07, 6.45) is 3.12. The van der Waals surface area contributed by atoms with Gasteiger partial charge in [-0.1, -0.05) is 29.8 Å². The first-order valence-corrected chi connectivity index (χ1v) is 9.55. The largest absolute Gasteiger partial charge is 0.353 e. The highest BCUT2D eigenvalue weighted by Crippen LogP contribution is 2.19. The van der Waals surface area contributed by atoms with Crippen molar-refractivity contribution in [3.05, 3.63) is 63.6 Å². The van der Waals surface area contributed by atoms with Crippen LogP contribution in [0.25, 0.3) is 5.65 Å². The Bertz CT molecular complexity index is 1070. The average molecular weight is 396 g/mol. The lowest BCUT2D eigenvalue weighted by atomic mass is 10.0. The van der Waals surface area contributed by atoms with Crippen LogP contribution in [0.1, 0.15) is 41.4 Å². The molecule has 0 aliphatic heterocycles. The summed E-state index contributed by atoms with van der Waals surface area (Å²) in [5.41, 5.74) is 4.72. The number of aromatic nitrogens is 3. The maximum Gasteiger partial charge on any atom is 0.220 e. The van der Waals surface area contributed by atoms with E-state index >= 15 is 0 Å². The zero-order valence-electron chi connectivity index (χ0n) is 16.2. The standard InChI is InChI=1S/C21H22ClN5O/c1-13(10-16-6-4-5-7-19(16)22)25-20(28)9-8-18-14(2)26-21-17(11-23)12-24-27(21)15(18)3/h4-7,12-13H,8-10H2,1-3H3,(H,25,28)/t13-/m0/s1. The van der Waals surface area contributed by atoms with Crippen LogP contribution in [-0.2, 0) is 17.6 Å². The topological polar surface area (TPSA) is 83.1 Å². The van der Waals surface area contributed by atoms with Crippen LogP contribution in [0.2, 0.25) is 5.02 Å². The van der Waals surface area contributed by atoms with Crippen molar-refractivity contribution in [3.8, 4) is 6.07 Å². The van der Waals surface area contributed by atoms with Crippen molar-refractivity contribution >= 4 is 23.2 Å². The van der Waals surface area contributed by atoms with E-state index in [1.165, 1.54) is 6.20 Å². The van der Waals surface area contributed by atoms with E-state index in [-0.39, 0.29) is 11.9 Å². The summed E-state index contributed by atoms with van der Waals surface area (Å²) in [5, 5.41) is 17.1. The second-order valence-corrected chi connectivity index (χ2v) is 7.34. The number of benzene rings is 1. The Morgan fingerprint density at radius 1 is 1.36 bits per heavy atom. The molecule has 2 heterocycles. The Morgan fingerprint density at radius 3 is 2.82 bits per heavy atom. The summed E-state index contributed by atoms with van der Waals surface area (Å²) in [6.45, 7) is 5.80. The smallest absolute Gasteiger partial charge is 0.220 e. The van der Waals surface area contributed by atoms with Crippen molar-refractivity contribution in [3.63, 3.8) is 0 Å². The first-order valence-electron chi connectivity index (χ1n) is 9.17. The van der Waals surface area contributed by atoms with E-state index in [0.717, 1.165) is 22.5 Å². The van der Waals surface area contributed by atoms with Gasteiger partial charge in [0.25, 0.3) is 0 Å². The highest BCUT2D eigenvalue weighted by atomic mass is 35.5. The number of carbonyl (C=O) groups is 1. The number of nitrogens with zero attached hydrogens (tertiary/aromatic N) is 4. The molecule has 0 bridgehead atoms. The minimum absolute atomic E-state index is 0.0144. The van der Waals surface area contributed by atoms with Crippen molar-refractivity contribution in [1.82, 2.24) is 19.9 Å². The normalized spacial score (nSPS) is 12.0. The number of fused-ring (bicyclic) bond motifs is 1. The van der Waals surface area contributed by atoms with Gasteiger partial charge in [0, 0.05) is 28.9 Å². The number of amides is 1. The van der Waals surface area contributed by atoms with E-state index in [4.69, 9.17) is 16.9 Å². The van der Waals surface area contributed by atoms with Crippen LogP contribution in [-0.4, -0.2) is 26.5 Å². The molecule has 0 spiro atoms. The number of carbonyl (C=O) groups excluding carboxylic acids is 1. The molecule has 144 valence electrons. The number of rotatable bonds is 6. The van der Waals surface area contributed by atoms with Gasteiger partial charge in [-0.3, -0.25) is 4.79 Å². The lowest BCUT2D eigenvalue weighted by molar-refractivity contribution is -0.121. The molecule has 0 saturated heterocycles. The van der Waals surface area contributed by atoms with Crippen molar-refractivity contribution in [2.45, 2.75) is 46.1 Å². The van der Waals surface area contributed by atoms with Gasteiger partial charge in [0.15, 0.2) is 5.65 Å². The number of aryl methyl sites for hydroxylation is 2. The molecule has 1 aromatic carbocycles. The second-order valence-electron chi connectivity index (χ2n) is 6.93. The fourth-order valence-corrected chi connectivity index (χ4v) is 3.59. The molecule has 0 aliphatic rings. The summed E-state index contributed by atoms with van der Waals surface area (Å²) >= 11 is 6.19. The molecular formula is C21H22ClN5O. The van der Waals surface area contributed by atoms with Gasteiger partial charge in [0.05, 0.1) is 6.20 Å². The molecule has 28 heavy (non-hydrogen) atoms. The molecule has 0 radical (unpaired) electrons. The van der Waals surface area contributed by atoms with Crippen molar-refractivity contribution < 1.29 is 4.79 Å². The van der Waals surface area contributed by atoms with Crippen LogP contribution in [0, 0.1) is 25.2 Å². The lowest BCUT2D eigenvalue weighted by Crippen LogP contribution is -2.34. The fourth-order valence-electron chi connectivity index (χ4n) is 3.38. The van der Waals surface area contributed by atoms with E-state index in [1.54, 1.807) is 4.52 Å². The third-order valence-electron chi connectivity index (χ3n) is 4.82. The van der Waals surface area contributed by atoms with Gasteiger partial charge in [-0.25, -0.2) is 9.50 Å². The third-order valence-corrected chi connectivity index (χ3v) is 5.19. The number of nitrogens with one attached hydrogen (secondary N) is 1. The zero-order valence-corrected chi connectivity index (χ0v) is 16.9. The van der Waals surface area contributed by atoms with Gasteiger partial charge >= 0.3 is 0 Å². The van der Waals surface area contributed by atoms with Crippen LogP contribution >= 0.6 is 11.6 Å². The maximum atomic E-state index is 12.4. The average Bonchev–Trinajstić information content (AvgIpc) is 3.06. The first-order chi connectivity index (χ1) is 13.4. The third kappa shape index (κ3) is 4.15. The molecule has 0 unspecified atom stereocenters. The molecule has 0 fully saturated rings. The molecule has 1 atom stereocenters. The summed E-state index contributed by atoms with van der Waals surface area (Å²) in [5.74, 6) is -0.0170. The van der Waals surface area contributed by atoms with Crippen LogP contribution in [0.4, 0.5) is 0 Å². The van der Waals surface area contributed by atoms with Gasteiger partial charge in [-0.2, -0.15) is 10.4 Å². The van der Waals surface area contributed by atoms with Crippen LogP contribution < -0.4 is 5.32 Å². The Labute approximate surface area is 169 Å². The molecule has 3 aromatic rings. The summed E-state index contributed by atoms with van der Waals surface area (Å²) in [6, 6.07) is 9.75. The van der Waals surface area contributed by atoms with Crippen molar-refractivity contribution in [1.29, 1.82) is 5.26 Å². The molecule has 3 rings (SSSR count). The summed E-state index contributed by atoms with van der Waals surface area (Å²) < 4.78 is 1.67. The predicted molar refractivity (Wildman–Crippen MR) is 108 cm³/mol. The minimum Gasteiger partial charge on any atom is -0.353 e. The fraction of sp³-hybridized carbons (Fsp3) is 0.333. The predicted octanol–water partition coefficient (Wildman–Crippen LogP) is 3.55. The number of halogens is 1.